The number of pyridine rings is 1. The average Bonchev–Trinajstić information content (AvgIpc) is 2.71. The summed E-state index contributed by atoms with van der Waals surface area (Å²) in [6.45, 7) is 0.190. The number of amidine groups is 1. The van der Waals surface area contributed by atoms with E-state index in [-0.39, 0.29) is 23.7 Å². The molecule has 2 aliphatic heterocycles. The normalized spacial score (nSPS) is 18.3. The molecule has 1 atom stereocenters. The molecule has 0 saturated heterocycles. The van der Waals surface area contributed by atoms with Gasteiger partial charge in [-0.1, -0.05) is 18.2 Å². The van der Waals surface area contributed by atoms with Gasteiger partial charge in [0.15, 0.2) is 6.10 Å². The molecule has 0 radical (unpaired) electrons. The van der Waals surface area contributed by atoms with E-state index in [0.717, 1.165) is 0 Å². The Balaban J connectivity index is 1.61. The van der Waals surface area contributed by atoms with E-state index in [1.165, 1.54) is 36.6 Å². The molecule has 7 nitrogen and oxygen atoms in total. The smallest absolute Gasteiger partial charge is 0.340 e. The quantitative estimate of drug-likeness (QED) is 0.715. The zero-order chi connectivity index (χ0) is 20.4. The van der Waals surface area contributed by atoms with E-state index >= 15 is 0 Å². The average molecular weight is 413 g/mol. The third-order valence-electron chi connectivity index (χ3n) is 4.39. The Bertz CT molecular complexity index is 1140. The highest BCUT2D eigenvalue weighted by molar-refractivity contribution is 7.90. The molecule has 0 N–H and O–H groups in total. The van der Waals surface area contributed by atoms with Gasteiger partial charge in [-0.2, -0.15) is 0 Å². The maximum absolute atomic E-state index is 13.7. The Morgan fingerprint density at radius 2 is 2.03 bits per heavy atom. The first-order valence-corrected chi connectivity index (χ1v) is 10.4. The Kier molecular flexibility index (Phi) is 4.98. The van der Waals surface area contributed by atoms with Gasteiger partial charge in [0.1, 0.15) is 11.7 Å². The first-order valence-electron chi connectivity index (χ1n) is 8.78. The van der Waals surface area contributed by atoms with Gasteiger partial charge < -0.3 is 9.64 Å². The summed E-state index contributed by atoms with van der Waals surface area (Å²) in [5.74, 6) is -0.984. The van der Waals surface area contributed by atoms with E-state index in [2.05, 4.69) is 9.38 Å². The van der Waals surface area contributed by atoms with Crippen LogP contribution in [0, 0.1) is 5.82 Å². The highest BCUT2D eigenvalue weighted by Crippen LogP contribution is 2.27. The Morgan fingerprint density at radius 1 is 1.17 bits per heavy atom. The summed E-state index contributed by atoms with van der Waals surface area (Å²) < 4.78 is 46.3. The molecule has 4 rings (SSSR count). The molecule has 29 heavy (non-hydrogen) atoms. The number of sulfonamides is 1. The van der Waals surface area contributed by atoms with Gasteiger partial charge >= 0.3 is 5.97 Å². The lowest BCUT2D eigenvalue weighted by Gasteiger charge is -2.27. The zero-order valence-corrected chi connectivity index (χ0v) is 15.9. The first-order chi connectivity index (χ1) is 13.9. The number of fused-ring (bicyclic) bond motifs is 1. The summed E-state index contributed by atoms with van der Waals surface area (Å²) in [4.78, 5) is 18.6. The number of hydrogen-bond acceptors (Lipinski definition) is 6. The topological polar surface area (TPSA) is 88.9 Å². The lowest BCUT2D eigenvalue weighted by atomic mass is 10.1. The minimum absolute atomic E-state index is 0.136. The molecule has 3 heterocycles. The number of hydrogen-bond donors (Lipinski definition) is 0. The molecule has 148 valence electrons. The van der Waals surface area contributed by atoms with Crippen LogP contribution in [-0.4, -0.2) is 42.4 Å². The molecule has 0 fully saturated rings. The van der Waals surface area contributed by atoms with Crippen LogP contribution < -0.4 is 0 Å². The van der Waals surface area contributed by atoms with Crippen molar-refractivity contribution in [1.29, 1.82) is 0 Å². The van der Waals surface area contributed by atoms with Gasteiger partial charge in [0.2, 0.25) is 0 Å². The molecular weight excluding hydrogens is 397 g/mol. The molecule has 2 aromatic rings. The van der Waals surface area contributed by atoms with E-state index in [0.29, 0.717) is 11.3 Å². The third kappa shape index (κ3) is 4.24. The van der Waals surface area contributed by atoms with Crippen molar-refractivity contribution in [3.63, 3.8) is 0 Å². The molecule has 9 heteroatoms. The van der Waals surface area contributed by atoms with Crippen LogP contribution in [0.2, 0.25) is 0 Å². The van der Waals surface area contributed by atoms with Crippen molar-refractivity contribution in [1.82, 2.24) is 9.88 Å². The van der Waals surface area contributed by atoms with Crippen molar-refractivity contribution in [2.24, 2.45) is 4.40 Å². The van der Waals surface area contributed by atoms with Crippen molar-refractivity contribution in [3.05, 3.63) is 89.7 Å². The molecule has 0 aliphatic carbocycles. The van der Waals surface area contributed by atoms with Crippen LogP contribution in [0.25, 0.3) is 0 Å². The number of rotatable bonds is 4. The molecule has 1 unspecified atom stereocenters. The second kappa shape index (κ2) is 7.59. The van der Waals surface area contributed by atoms with Crippen molar-refractivity contribution < 1.29 is 22.3 Å². The number of nitrogens with zero attached hydrogens (tertiary/aromatic N) is 3. The fourth-order valence-electron chi connectivity index (χ4n) is 3.00. The van der Waals surface area contributed by atoms with Crippen LogP contribution in [0.1, 0.15) is 17.4 Å². The van der Waals surface area contributed by atoms with Crippen LogP contribution in [-0.2, 0) is 19.6 Å². The highest BCUT2D eigenvalue weighted by atomic mass is 32.2. The molecule has 2 aliphatic rings. The van der Waals surface area contributed by atoms with Gasteiger partial charge in [-0.25, -0.2) is 17.6 Å². The minimum Gasteiger partial charge on any atom is -0.447 e. The maximum atomic E-state index is 13.7. The first kappa shape index (κ1) is 19.0. The highest BCUT2D eigenvalue weighted by Gasteiger charge is 2.27. The maximum Gasteiger partial charge on any atom is 0.340 e. The Hall–Kier alpha value is -3.33. The SMILES string of the molecule is O=C(OC(c1cccc(F)c1)c1ccccn1)C1=CN2CCS(=O)(=O)N=C2C=C1. The lowest BCUT2D eigenvalue weighted by Crippen LogP contribution is -2.37. The molecule has 1 aromatic carbocycles. The molecule has 0 bridgehead atoms. The van der Waals surface area contributed by atoms with Gasteiger partial charge in [-0.15, -0.1) is 4.40 Å². The molecule has 0 amide bonds. The number of halogens is 1. The van der Waals surface area contributed by atoms with Crippen LogP contribution >= 0.6 is 0 Å². The largest absolute Gasteiger partial charge is 0.447 e. The van der Waals surface area contributed by atoms with Crippen molar-refractivity contribution in [2.45, 2.75) is 6.10 Å². The predicted molar refractivity (Wildman–Crippen MR) is 104 cm³/mol. The number of ether oxygens (including phenoxy) is 1. The molecular formula is C20H16FN3O4S. The second-order valence-electron chi connectivity index (χ2n) is 6.44. The lowest BCUT2D eigenvalue weighted by molar-refractivity contribution is -0.142. The molecule has 0 spiro atoms. The summed E-state index contributed by atoms with van der Waals surface area (Å²) in [6, 6.07) is 10.9. The van der Waals surface area contributed by atoms with Crippen molar-refractivity contribution in [3.8, 4) is 0 Å². The van der Waals surface area contributed by atoms with Gasteiger partial charge in [-0.05, 0) is 36.4 Å². The Morgan fingerprint density at radius 3 is 2.79 bits per heavy atom. The van der Waals surface area contributed by atoms with Crippen molar-refractivity contribution in [2.75, 3.05) is 12.3 Å². The van der Waals surface area contributed by atoms with Crippen LogP contribution in [0.3, 0.4) is 0 Å². The molecule has 0 saturated carbocycles. The Labute approximate surface area is 166 Å². The minimum atomic E-state index is -3.48. The zero-order valence-electron chi connectivity index (χ0n) is 15.1. The standard InChI is InChI=1S/C20H16FN3O4S/c21-16-5-3-4-14(12-16)19(17-6-1-2-9-22-17)28-20(25)15-7-8-18-23-29(26,27)11-10-24(18)13-15/h1-9,12-13,19H,10-11H2. The van der Waals surface area contributed by atoms with E-state index in [1.54, 1.807) is 35.4 Å². The fraction of sp³-hybridized carbons (Fsp3) is 0.150. The summed E-state index contributed by atoms with van der Waals surface area (Å²) in [7, 11) is -3.48. The van der Waals surface area contributed by atoms with Crippen LogP contribution in [0.15, 0.2) is 77.0 Å². The summed E-state index contributed by atoms with van der Waals surface area (Å²) in [5.41, 5.74) is 1.13. The predicted octanol–water partition coefficient (Wildman–Crippen LogP) is 2.35. The molecule has 1 aromatic heterocycles. The van der Waals surface area contributed by atoms with E-state index in [1.807, 2.05) is 0 Å². The monoisotopic (exact) mass is 413 g/mol. The van der Waals surface area contributed by atoms with E-state index in [9.17, 15) is 17.6 Å². The van der Waals surface area contributed by atoms with E-state index < -0.39 is 27.9 Å². The number of carbonyl (C=O) groups is 1. The van der Waals surface area contributed by atoms with Gasteiger partial charge in [0, 0.05) is 24.5 Å². The number of esters is 1. The second-order valence-corrected chi connectivity index (χ2v) is 8.20. The number of carbonyl (C=O) groups excluding carboxylic acids is 1. The fourth-order valence-corrected chi connectivity index (χ4v) is 3.97. The van der Waals surface area contributed by atoms with Gasteiger partial charge in [0.25, 0.3) is 10.0 Å². The third-order valence-corrected chi connectivity index (χ3v) is 5.56. The van der Waals surface area contributed by atoms with Gasteiger partial charge in [-0.3, -0.25) is 4.98 Å². The summed E-state index contributed by atoms with van der Waals surface area (Å²) in [5, 5.41) is 0. The summed E-state index contributed by atoms with van der Waals surface area (Å²) in [6.07, 6.45) is 5.05. The van der Waals surface area contributed by atoms with Crippen molar-refractivity contribution >= 4 is 21.8 Å². The van der Waals surface area contributed by atoms with E-state index in [4.69, 9.17) is 4.74 Å². The summed E-state index contributed by atoms with van der Waals surface area (Å²) >= 11 is 0. The van der Waals surface area contributed by atoms with Gasteiger partial charge in [0.05, 0.1) is 17.0 Å². The van der Waals surface area contributed by atoms with Crippen LogP contribution in [0.4, 0.5) is 4.39 Å². The number of aromatic nitrogens is 1. The number of benzene rings is 1. The van der Waals surface area contributed by atoms with Crippen LogP contribution in [0.5, 0.6) is 0 Å².